The van der Waals surface area contributed by atoms with Gasteiger partial charge < -0.3 is 9.73 Å². The molecule has 8 heteroatoms. The van der Waals surface area contributed by atoms with E-state index in [0.29, 0.717) is 18.8 Å². The molecule has 0 saturated heterocycles. The third-order valence-electron chi connectivity index (χ3n) is 2.22. The molecule has 0 radical (unpaired) electrons. The van der Waals surface area contributed by atoms with Crippen LogP contribution in [0.15, 0.2) is 21.6 Å². The van der Waals surface area contributed by atoms with E-state index in [-0.39, 0.29) is 10.3 Å². The monoisotopic (exact) mass is 280 g/mol. The highest BCUT2D eigenvalue weighted by molar-refractivity contribution is 7.89. The first kappa shape index (κ1) is 14.4. The first-order valence-corrected chi connectivity index (χ1v) is 8.12. The lowest BCUT2D eigenvalue weighted by molar-refractivity contribution is 0.403. The molecule has 0 amide bonds. The Hall–Kier alpha value is -0.700. The van der Waals surface area contributed by atoms with Gasteiger partial charge in [-0.05, 0) is 19.1 Å². The fourth-order valence-corrected chi connectivity index (χ4v) is 1.96. The maximum absolute atomic E-state index is 11.1. The normalized spacial score (nSPS) is 15.7. The molecular formula is C9H16N2O4S2. The van der Waals surface area contributed by atoms with Gasteiger partial charge in [-0.3, -0.25) is 4.21 Å². The van der Waals surface area contributed by atoms with E-state index in [1.807, 2.05) is 6.92 Å². The van der Waals surface area contributed by atoms with Gasteiger partial charge in [-0.2, -0.15) is 0 Å². The van der Waals surface area contributed by atoms with E-state index in [1.165, 1.54) is 6.07 Å². The Kier molecular flexibility index (Phi) is 4.87. The largest absolute Gasteiger partial charge is 0.447 e. The molecule has 0 aliphatic heterocycles. The number of hydrogen-bond donors (Lipinski definition) is 2. The van der Waals surface area contributed by atoms with E-state index < -0.39 is 20.8 Å². The lowest BCUT2D eigenvalue weighted by Gasteiger charge is -2.08. The lowest BCUT2D eigenvalue weighted by Crippen LogP contribution is -2.27. The topological polar surface area (TPSA) is 102 Å². The van der Waals surface area contributed by atoms with Gasteiger partial charge in [-0.15, -0.1) is 0 Å². The third-order valence-corrected chi connectivity index (χ3v) is 4.30. The fourth-order valence-electron chi connectivity index (χ4n) is 1.12. The Morgan fingerprint density at radius 2 is 2.18 bits per heavy atom. The molecule has 0 fully saturated rings. The molecule has 0 aliphatic carbocycles. The first-order chi connectivity index (χ1) is 7.80. The van der Waals surface area contributed by atoms with Crippen molar-refractivity contribution in [3.05, 3.63) is 17.9 Å². The highest BCUT2D eigenvalue weighted by atomic mass is 32.2. The highest BCUT2D eigenvalue weighted by Crippen LogP contribution is 2.11. The zero-order valence-electron chi connectivity index (χ0n) is 9.67. The number of hydrogen-bond acceptors (Lipinski definition) is 5. The van der Waals surface area contributed by atoms with Gasteiger partial charge in [0.25, 0.3) is 10.0 Å². The maximum Gasteiger partial charge on any atom is 0.271 e. The number of nitrogens with two attached hydrogens (primary N) is 1. The average Bonchev–Trinajstić information content (AvgIpc) is 2.65. The zero-order chi connectivity index (χ0) is 13.1. The molecule has 0 bridgehead atoms. The SMILES string of the molecule is CC(CNCc1ccc(S(N)(=O)=O)o1)S(C)=O. The predicted molar refractivity (Wildman–Crippen MR) is 65.3 cm³/mol. The van der Waals surface area contributed by atoms with Crippen LogP contribution in [0.4, 0.5) is 0 Å². The quantitative estimate of drug-likeness (QED) is 0.750. The minimum absolute atomic E-state index is 0.0303. The van der Waals surface area contributed by atoms with Crippen molar-refractivity contribution in [1.29, 1.82) is 0 Å². The Bertz CT molecular complexity index is 495. The maximum atomic E-state index is 11.1. The standard InChI is InChI=1S/C9H16N2O4S2/c1-7(16(2)12)5-11-6-8-3-4-9(15-8)17(10,13)14/h3-4,7,11H,5-6H2,1-2H3,(H2,10,13,14). The Balaban J connectivity index is 2.49. The van der Waals surface area contributed by atoms with Crippen molar-refractivity contribution in [3.8, 4) is 0 Å². The number of sulfonamides is 1. The second-order valence-corrected chi connectivity index (χ2v) is 7.00. The molecule has 1 aromatic rings. The van der Waals surface area contributed by atoms with Gasteiger partial charge in [0, 0.05) is 28.9 Å². The number of primary sulfonamides is 1. The molecule has 0 aromatic carbocycles. The summed E-state index contributed by atoms with van der Waals surface area (Å²) >= 11 is 0. The van der Waals surface area contributed by atoms with Gasteiger partial charge in [0.05, 0.1) is 6.54 Å². The zero-order valence-corrected chi connectivity index (χ0v) is 11.3. The molecule has 1 rings (SSSR count). The van der Waals surface area contributed by atoms with Crippen LogP contribution in [0, 0.1) is 0 Å². The van der Waals surface area contributed by atoms with Crippen LogP contribution >= 0.6 is 0 Å². The lowest BCUT2D eigenvalue weighted by atomic mass is 10.4. The summed E-state index contributed by atoms with van der Waals surface area (Å²) < 4.78 is 38.0. The minimum atomic E-state index is -3.78. The molecule has 0 saturated carbocycles. The van der Waals surface area contributed by atoms with Gasteiger partial charge in [0.1, 0.15) is 5.76 Å². The molecule has 2 atom stereocenters. The minimum Gasteiger partial charge on any atom is -0.447 e. The molecular weight excluding hydrogens is 264 g/mol. The first-order valence-electron chi connectivity index (χ1n) is 4.95. The number of furan rings is 1. The van der Waals surface area contributed by atoms with Crippen molar-refractivity contribution in [2.75, 3.05) is 12.8 Å². The molecule has 98 valence electrons. The van der Waals surface area contributed by atoms with E-state index in [1.54, 1.807) is 12.3 Å². The molecule has 3 N–H and O–H groups in total. The molecule has 2 unspecified atom stereocenters. The second-order valence-electron chi connectivity index (χ2n) is 3.71. The van der Waals surface area contributed by atoms with E-state index in [2.05, 4.69) is 5.32 Å². The molecule has 1 heterocycles. The van der Waals surface area contributed by atoms with E-state index in [0.717, 1.165) is 0 Å². The van der Waals surface area contributed by atoms with Crippen LogP contribution < -0.4 is 10.5 Å². The van der Waals surface area contributed by atoms with Gasteiger partial charge in [-0.25, -0.2) is 13.6 Å². The molecule has 6 nitrogen and oxygen atoms in total. The smallest absolute Gasteiger partial charge is 0.271 e. The van der Waals surface area contributed by atoms with Crippen molar-refractivity contribution in [2.24, 2.45) is 5.14 Å². The molecule has 1 aromatic heterocycles. The Morgan fingerprint density at radius 3 is 2.65 bits per heavy atom. The molecule has 0 spiro atoms. The van der Waals surface area contributed by atoms with E-state index in [9.17, 15) is 12.6 Å². The van der Waals surface area contributed by atoms with Crippen LogP contribution in [-0.2, 0) is 27.4 Å². The molecule has 0 aliphatic rings. The third kappa shape index (κ3) is 4.58. The van der Waals surface area contributed by atoms with Crippen LogP contribution in [0.3, 0.4) is 0 Å². The van der Waals surface area contributed by atoms with Crippen molar-refractivity contribution < 1.29 is 17.0 Å². The summed E-state index contributed by atoms with van der Waals surface area (Å²) in [5, 5.41) is 7.71. The summed E-state index contributed by atoms with van der Waals surface area (Å²) in [7, 11) is -4.67. The van der Waals surface area contributed by atoms with E-state index >= 15 is 0 Å². The Morgan fingerprint density at radius 1 is 1.53 bits per heavy atom. The summed E-state index contributed by atoms with van der Waals surface area (Å²) in [4.78, 5) is 0. The van der Waals surface area contributed by atoms with Crippen molar-refractivity contribution >= 4 is 20.8 Å². The van der Waals surface area contributed by atoms with Crippen LogP contribution in [0.5, 0.6) is 0 Å². The van der Waals surface area contributed by atoms with Crippen molar-refractivity contribution in [1.82, 2.24) is 5.32 Å². The predicted octanol–water partition coefficient (Wildman–Crippen LogP) is -0.216. The highest BCUT2D eigenvalue weighted by Gasteiger charge is 2.13. The summed E-state index contributed by atoms with van der Waals surface area (Å²) in [5.41, 5.74) is 0. The van der Waals surface area contributed by atoms with Crippen LogP contribution in [0.2, 0.25) is 0 Å². The van der Waals surface area contributed by atoms with Crippen molar-refractivity contribution in [2.45, 2.75) is 23.8 Å². The average molecular weight is 280 g/mol. The second kappa shape index (κ2) is 5.76. The summed E-state index contributed by atoms with van der Waals surface area (Å²) in [6.45, 7) is 2.80. The van der Waals surface area contributed by atoms with Crippen LogP contribution in [0.1, 0.15) is 12.7 Å². The summed E-state index contributed by atoms with van der Waals surface area (Å²) in [5.74, 6) is 0.475. The number of nitrogens with one attached hydrogen (secondary N) is 1. The van der Waals surface area contributed by atoms with Crippen LogP contribution in [0.25, 0.3) is 0 Å². The summed E-state index contributed by atoms with van der Waals surface area (Å²) in [6.07, 6.45) is 1.64. The Labute approximate surface area is 103 Å². The number of rotatable bonds is 6. The van der Waals surface area contributed by atoms with E-state index in [4.69, 9.17) is 9.56 Å². The summed E-state index contributed by atoms with van der Waals surface area (Å²) in [6, 6.07) is 2.86. The van der Waals surface area contributed by atoms with Gasteiger partial charge in [0.15, 0.2) is 0 Å². The van der Waals surface area contributed by atoms with Crippen molar-refractivity contribution in [3.63, 3.8) is 0 Å². The molecule has 17 heavy (non-hydrogen) atoms. The van der Waals surface area contributed by atoms with Crippen LogP contribution in [-0.4, -0.2) is 30.7 Å². The van der Waals surface area contributed by atoms with Gasteiger partial charge in [-0.1, -0.05) is 0 Å². The van der Waals surface area contributed by atoms with Gasteiger partial charge >= 0.3 is 0 Å². The van der Waals surface area contributed by atoms with Gasteiger partial charge in [0.2, 0.25) is 5.09 Å². The fraction of sp³-hybridized carbons (Fsp3) is 0.556.